The van der Waals surface area contributed by atoms with Crippen LogP contribution < -0.4 is 5.73 Å². The minimum atomic E-state index is -0.432. The van der Waals surface area contributed by atoms with Gasteiger partial charge in [-0.1, -0.05) is 0 Å². The molecular formula is C12H11F2NS. The molecule has 0 saturated heterocycles. The van der Waals surface area contributed by atoms with Crippen molar-refractivity contribution in [3.63, 3.8) is 0 Å². The van der Waals surface area contributed by atoms with Gasteiger partial charge >= 0.3 is 0 Å². The van der Waals surface area contributed by atoms with E-state index in [1.807, 2.05) is 13.0 Å². The van der Waals surface area contributed by atoms with Gasteiger partial charge in [0.25, 0.3) is 0 Å². The second-order valence-electron chi connectivity index (χ2n) is 3.55. The lowest BCUT2D eigenvalue weighted by atomic mass is 10.1. The Bertz CT molecular complexity index is 520. The van der Waals surface area contributed by atoms with Crippen molar-refractivity contribution in [2.45, 2.75) is 13.5 Å². The first kappa shape index (κ1) is 11.2. The zero-order chi connectivity index (χ0) is 11.7. The van der Waals surface area contributed by atoms with E-state index >= 15 is 0 Å². The van der Waals surface area contributed by atoms with Gasteiger partial charge in [0.15, 0.2) is 0 Å². The standard InChI is InChI=1S/C12H11F2NS/c1-7-4-9(6-15)16-12(7)10-5-8(13)2-3-11(10)14/h2-5H,6,15H2,1H3. The number of thiophene rings is 1. The maximum Gasteiger partial charge on any atom is 0.132 e. The third-order valence-corrected chi connectivity index (χ3v) is 3.64. The molecule has 1 aromatic heterocycles. The van der Waals surface area contributed by atoms with Crippen molar-refractivity contribution in [3.05, 3.63) is 46.3 Å². The number of halogens is 2. The average Bonchev–Trinajstić information content (AvgIpc) is 2.63. The molecule has 1 aromatic carbocycles. The topological polar surface area (TPSA) is 26.0 Å². The van der Waals surface area contributed by atoms with E-state index in [9.17, 15) is 8.78 Å². The van der Waals surface area contributed by atoms with Gasteiger partial charge in [0.05, 0.1) is 0 Å². The van der Waals surface area contributed by atoms with Crippen molar-refractivity contribution >= 4 is 11.3 Å². The normalized spacial score (nSPS) is 10.8. The largest absolute Gasteiger partial charge is 0.326 e. The van der Waals surface area contributed by atoms with Crippen LogP contribution in [0.4, 0.5) is 8.78 Å². The zero-order valence-electron chi connectivity index (χ0n) is 8.76. The zero-order valence-corrected chi connectivity index (χ0v) is 9.57. The molecule has 2 rings (SSSR count). The van der Waals surface area contributed by atoms with Crippen molar-refractivity contribution in [3.8, 4) is 10.4 Å². The summed E-state index contributed by atoms with van der Waals surface area (Å²) in [5.74, 6) is -0.839. The molecule has 0 aliphatic rings. The number of hydrogen-bond donors (Lipinski definition) is 1. The summed E-state index contributed by atoms with van der Waals surface area (Å²) in [5, 5.41) is 0. The number of hydrogen-bond acceptors (Lipinski definition) is 2. The van der Waals surface area contributed by atoms with Gasteiger partial charge in [-0.3, -0.25) is 0 Å². The van der Waals surface area contributed by atoms with Crippen LogP contribution in [0, 0.1) is 18.6 Å². The molecule has 84 valence electrons. The molecule has 0 aliphatic heterocycles. The Morgan fingerprint density at radius 1 is 1.25 bits per heavy atom. The van der Waals surface area contributed by atoms with Crippen LogP contribution in [0.25, 0.3) is 10.4 Å². The molecule has 0 atom stereocenters. The molecule has 0 amide bonds. The van der Waals surface area contributed by atoms with Crippen LogP contribution in [0.5, 0.6) is 0 Å². The average molecular weight is 239 g/mol. The third kappa shape index (κ3) is 1.99. The van der Waals surface area contributed by atoms with Gasteiger partial charge < -0.3 is 5.73 Å². The lowest BCUT2D eigenvalue weighted by Gasteiger charge is -2.01. The summed E-state index contributed by atoms with van der Waals surface area (Å²) in [5.41, 5.74) is 6.75. The van der Waals surface area contributed by atoms with Crippen LogP contribution in [-0.4, -0.2) is 0 Å². The fraction of sp³-hybridized carbons (Fsp3) is 0.167. The van der Waals surface area contributed by atoms with Gasteiger partial charge in [0.1, 0.15) is 11.6 Å². The predicted octanol–water partition coefficient (Wildman–Crippen LogP) is 3.46. The molecule has 0 bridgehead atoms. The highest BCUT2D eigenvalue weighted by Gasteiger charge is 2.12. The van der Waals surface area contributed by atoms with Gasteiger partial charge in [-0.15, -0.1) is 11.3 Å². The van der Waals surface area contributed by atoms with Gasteiger partial charge in [-0.25, -0.2) is 8.78 Å². The Labute approximate surface area is 96.5 Å². The van der Waals surface area contributed by atoms with Crippen molar-refractivity contribution < 1.29 is 8.78 Å². The molecular weight excluding hydrogens is 228 g/mol. The van der Waals surface area contributed by atoms with Crippen LogP contribution in [-0.2, 0) is 6.54 Å². The Balaban J connectivity index is 2.57. The lowest BCUT2D eigenvalue weighted by Crippen LogP contribution is -1.91. The smallest absolute Gasteiger partial charge is 0.132 e. The molecule has 0 aliphatic carbocycles. The van der Waals surface area contributed by atoms with Crippen LogP contribution in [0.2, 0.25) is 0 Å². The maximum atomic E-state index is 13.6. The summed E-state index contributed by atoms with van der Waals surface area (Å²) in [4.78, 5) is 1.72. The van der Waals surface area contributed by atoms with Crippen molar-refractivity contribution in [2.24, 2.45) is 5.73 Å². The highest BCUT2D eigenvalue weighted by Crippen LogP contribution is 2.34. The molecule has 0 fully saturated rings. The summed E-state index contributed by atoms with van der Waals surface area (Å²) < 4.78 is 26.6. The summed E-state index contributed by atoms with van der Waals surface area (Å²) in [7, 11) is 0. The third-order valence-electron chi connectivity index (χ3n) is 2.34. The van der Waals surface area contributed by atoms with E-state index in [1.54, 1.807) is 0 Å². The molecule has 0 radical (unpaired) electrons. The SMILES string of the molecule is Cc1cc(CN)sc1-c1cc(F)ccc1F. The summed E-state index contributed by atoms with van der Waals surface area (Å²) in [6.07, 6.45) is 0. The lowest BCUT2D eigenvalue weighted by molar-refractivity contribution is 0.603. The second kappa shape index (κ2) is 4.31. The van der Waals surface area contributed by atoms with E-state index in [0.717, 1.165) is 27.5 Å². The van der Waals surface area contributed by atoms with E-state index in [0.29, 0.717) is 12.1 Å². The number of aryl methyl sites for hydroxylation is 1. The van der Waals surface area contributed by atoms with Crippen LogP contribution >= 0.6 is 11.3 Å². The molecule has 0 saturated carbocycles. The Hall–Kier alpha value is -1.26. The first-order chi connectivity index (χ1) is 7.61. The van der Waals surface area contributed by atoms with Crippen LogP contribution in [0.15, 0.2) is 24.3 Å². The summed E-state index contributed by atoms with van der Waals surface area (Å²) >= 11 is 1.40. The van der Waals surface area contributed by atoms with Crippen molar-refractivity contribution in [1.82, 2.24) is 0 Å². The predicted molar refractivity (Wildman–Crippen MR) is 62.3 cm³/mol. The Kier molecular flexibility index (Phi) is 3.03. The Morgan fingerprint density at radius 3 is 2.62 bits per heavy atom. The molecule has 16 heavy (non-hydrogen) atoms. The van der Waals surface area contributed by atoms with E-state index in [-0.39, 0.29) is 0 Å². The first-order valence-corrected chi connectivity index (χ1v) is 5.68. The molecule has 1 heterocycles. The number of benzene rings is 1. The van der Waals surface area contributed by atoms with E-state index in [4.69, 9.17) is 5.73 Å². The first-order valence-electron chi connectivity index (χ1n) is 4.86. The number of rotatable bonds is 2. The molecule has 2 N–H and O–H groups in total. The minimum Gasteiger partial charge on any atom is -0.326 e. The molecule has 4 heteroatoms. The van der Waals surface area contributed by atoms with E-state index < -0.39 is 11.6 Å². The molecule has 2 aromatic rings. The van der Waals surface area contributed by atoms with Crippen LogP contribution in [0.3, 0.4) is 0 Å². The van der Waals surface area contributed by atoms with Gasteiger partial charge in [0.2, 0.25) is 0 Å². The highest BCUT2D eigenvalue weighted by atomic mass is 32.1. The van der Waals surface area contributed by atoms with E-state index in [2.05, 4.69) is 0 Å². The van der Waals surface area contributed by atoms with Crippen molar-refractivity contribution in [2.75, 3.05) is 0 Å². The Morgan fingerprint density at radius 2 is 2.00 bits per heavy atom. The minimum absolute atomic E-state index is 0.308. The maximum absolute atomic E-state index is 13.6. The van der Waals surface area contributed by atoms with E-state index in [1.165, 1.54) is 17.4 Å². The fourth-order valence-electron chi connectivity index (χ4n) is 1.59. The summed E-state index contributed by atoms with van der Waals surface area (Å²) in [6.45, 7) is 2.29. The molecule has 0 spiro atoms. The van der Waals surface area contributed by atoms with Gasteiger partial charge in [-0.05, 0) is 36.8 Å². The quantitative estimate of drug-likeness (QED) is 0.853. The summed E-state index contributed by atoms with van der Waals surface area (Å²) in [6, 6.07) is 5.39. The van der Waals surface area contributed by atoms with Crippen LogP contribution in [0.1, 0.15) is 10.4 Å². The van der Waals surface area contributed by atoms with Crippen molar-refractivity contribution in [1.29, 1.82) is 0 Å². The monoisotopic (exact) mass is 239 g/mol. The molecule has 1 nitrogen and oxygen atoms in total. The second-order valence-corrected chi connectivity index (χ2v) is 4.69. The fourth-order valence-corrected chi connectivity index (χ4v) is 2.66. The van der Waals surface area contributed by atoms with Gasteiger partial charge in [-0.2, -0.15) is 0 Å². The highest BCUT2D eigenvalue weighted by molar-refractivity contribution is 7.15. The van der Waals surface area contributed by atoms with Gasteiger partial charge in [0, 0.05) is 21.9 Å². The number of nitrogens with two attached hydrogens (primary N) is 1. The molecule has 0 unspecified atom stereocenters.